The van der Waals surface area contributed by atoms with E-state index in [2.05, 4.69) is 31.1 Å². The minimum absolute atomic E-state index is 0.110. The summed E-state index contributed by atoms with van der Waals surface area (Å²) in [5.74, 6) is 1.72. The number of benzene rings is 1. The van der Waals surface area contributed by atoms with Gasteiger partial charge in [-0.15, -0.1) is 0 Å². The molecule has 1 N–H and O–H groups in total. The molecule has 4 rings (SSSR count). The van der Waals surface area contributed by atoms with Gasteiger partial charge in [-0.3, -0.25) is 0 Å². The highest BCUT2D eigenvalue weighted by molar-refractivity contribution is 9.10. The first-order chi connectivity index (χ1) is 13.1. The number of aromatic nitrogens is 2. The molecular formula is C19H22BrN5O2. The molecule has 142 valence electrons. The standard InChI is InChI=1S/C19H22BrN5O2/c1-13-21-16-6-7-25(19(26)23-17-5-3-2-4-15(17)20)12-14(16)18(22-13)24-8-10-27-11-9-24/h2-5H,6-12H2,1H3,(H,23,26). The first kappa shape index (κ1) is 18.2. The molecule has 0 aliphatic carbocycles. The second kappa shape index (κ2) is 7.82. The minimum atomic E-state index is -0.110. The van der Waals surface area contributed by atoms with Crippen molar-refractivity contribution in [2.45, 2.75) is 19.9 Å². The number of para-hydroxylation sites is 1. The predicted octanol–water partition coefficient (Wildman–Crippen LogP) is 2.97. The van der Waals surface area contributed by atoms with Crippen LogP contribution in [0.1, 0.15) is 17.1 Å². The fourth-order valence-corrected chi connectivity index (χ4v) is 3.87. The van der Waals surface area contributed by atoms with E-state index in [0.717, 1.165) is 52.6 Å². The number of nitrogens with one attached hydrogen (secondary N) is 1. The third-order valence-electron chi connectivity index (χ3n) is 4.86. The van der Waals surface area contributed by atoms with Crippen molar-refractivity contribution < 1.29 is 9.53 Å². The van der Waals surface area contributed by atoms with Crippen LogP contribution in [0.2, 0.25) is 0 Å². The van der Waals surface area contributed by atoms with Crippen LogP contribution >= 0.6 is 15.9 Å². The highest BCUT2D eigenvalue weighted by Gasteiger charge is 2.28. The molecule has 3 heterocycles. The number of carbonyl (C=O) groups excluding carboxylic acids is 1. The number of carbonyl (C=O) groups is 1. The molecule has 2 aromatic rings. The number of anilines is 2. The Morgan fingerprint density at radius 1 is 1.19 bits per heavy atom. The molecule has 1 fully saturated rings. The molecule has 0 spiro atoms. The summed E-state index contributed by atoms with van der Waals surface area (Å²) in [6.07, 6.45) is 0.736. The second-order valence-corrected chi connectivity index (χ2v) is 7.55. The maximum absolute atomic E-state index is 12.8. The van der Waals surface area contributed by atoms with Gasteiger partial charge < -0.3 is 19.9 Å². The van der Waals surface area contributed by atoms with Gasteiger partial charge in [0.1, 0.15) is 11.6 Å². The Morgan fingerprint density at radius 2 is 1.96 bits per heavy atom. The monoisotopic (exact) mass is 431 g/mol. The molecule has 0 saturated carbocycles. The lowest BCUT2D eigenvalue weighted by atomic mass is 10.1. The second-order valence-electron chi connectivity index (χ2n) is 6.70. The number of amides is 2. The largest absolute Gasteiger partial charge is 0.378 e. The van der Waals surface area contributed by atoms with Crippen molar-refractivity contribution in [1.82, 2.24) is 14.9 Å². The summed E-state index contributed by atoms with van der Waals surface area (Å²) in [4.78, 5) is 26.2. The Kier molecular flexibility index (Phi) is 5.27. The van der Waals surface area contributed by atoms with Gasteiger partial charge in [-0.25, -0.2) is 14.8 Å². The Labute approximate surface area is 166 Å². The number of halogens is 1. The van der Waals surface area contributed by atoms with Crippen molar-refractivity contribution in [2.24, 2.45) is 0 Å². The zero-order chi connectivity index (χ0) is 18.8. The summed E-state index contributed by atoms with van der Waals surface area (Å²) in [5.41, 5.74) is 2.87. The SMILES string of the molecule is Cc1nc2c(c(N3CCOCC3)n1)CN(C(=O)Nc1ccccc1Br)CC2. The van der Waals surface area contributed by atoms with Crippen molar-refractivity contribution in [2.75, 3.05) is 43.1 Å². The first-order valence-electron chi connectivity index (χ1n) is 9.11. The van der Waals surface area contributed by atoms with Crippen molar-refractivity contribution in [1.29, 1.82) is 0 Å². The highest BCUT2D eigenvalue weighted by Crippen LogP contribution is 2.28. The van der Waals surface area contributed by atoms with Crippen molar-refractivity contribution in [3.8, 4) is 0 Å². The van der Waals surface area contributed by atoms with Crippen LogP contribution < -0.4 is 10.2 Å². The highest BCUT2D eigenvalue weighted by atomic mass is 79.9. The Balaban J connectivity index is 1.56. The summed E-state index contributed by atoms with van der Waals surface area (Å²) in [6, 6.07) is 7.50. The molecular weight excluding hydrogens is 410 g/mol. The van der Waals surface area contributed by atoms with Crippen LogP contribution in [0, 0.1) is 6.92 Å². The average Bonchev–Trinajstić information content (AvgIpc) is 2.69. The van der Waals surface area contributed by atoms with Gasteiger partial charge in [-0.05, 0) is 35.0 Å². The van der Waals surface area contributed by atoms with E-state index in [-0.39, 0.29) is 6.03 Å². The molecule has 1 aromatic carbocycles. The van der Waals surface area contributed by atoms with Crippen molar-refractivity contribution in [3.05, 3.63) is 45.8 Å². The molecule has 1 saturated heterocycles. The van der Waals surface area contributed by atoms with E-state index < -0.39 is 0 Å². The van der Waals surface area contributed by atoms with Crippen LogP contribution in [0.5, 0.6) is 0 Å². The summed E-state index contributed by atoms with van der Waals surface area (Å²) >= 11 is 3.47. The molecule has 0 unspecified atom stereocenters. The number of hydrogen-bond acceptors (Lipinski definition) is 5. The smallest absolute Gasteiger partial charge is 0.322 e. The minimum Gasteiger partial charge on any atom is -0.378 e. The van der Waals surface area contributed by atoms with E-state index >= 15 is 0 Å². The molecule has 8 heteroatoms. The van der Waals surface area contributed by atoms with Crippen molar-refractivity contribution >= 4 is 33.5 Å². The molecule has 1 aromatic heterocycles. The van der Waals surface area contributed by atoms with Crippen LogP contribution in [-0.4, -0.2) is 53.7 Å². The van der Waals surface area contributed by atoms with E-state index in [1.165, 1.54) is 0 Å². The van der Waals surface area contributed by atoms with Crippen LogP contribution in [0.25, 0.3) is 0 Å². The summed E-state index contributed by atoms with van der Waals surface area (Å²) < 4.78 is 6.33. The number of urea groups is 1. The van der Waals surface area contributed by atoms with Gasteiger partial charge in [0.25, 0.3) is 0 Å². The molecule has 7 nitrogen and oxygen atoms in total. The van der Waals surface area contributed by atoms with Gasteiger partial charge in [-0.2, -0.15) is 0 Å². The lowest BCUT2D eigenvalue weighted by Gasteiger charge is -2.34. The molecule has 0 atom stereocenters. The third-order valence-corrected chi connectivity index (χ3v) is 5.56. The summed E-state index contributed by atoms with van der Waals surface area (Å²) in [6.45, 7) is 6.10. The van der Waals surface area contributed by atoms with E-state index in [0.29, 0.717) is 26.3 Å². The van der Waals surface area contributed by atoms with Crippen LogP contribution in [-0.2, 0) is 17.7 Å². The van der Waals surface area contributed by atoms with Gasteiger partial charge in [0.15, 0.2) is 0 Å². The summed E-state index contributed by atoms with van der Waals surface area (Å²) in [7, 11) is 0. The Hall–Kier alpha value is -2.19. The molecule has 2 aliphatic rings. The average molecular weight is 432 g/mol. The number of ether oxygens (including phenoxy) is 1. The fraction of sp³-hybridized carbons (Fsp3) is 0.421. The number of aryl methyl sites for hydroxylation is 1. The molecule has 0 bridgehead atoms. The van der Waals surface area contributed by atoms with E-state index in [4.69, 9.17) is 9.72 Å². The van der Waals surface area contributed by atoms with Crippen LogP contribution in [0.3, 0.4) is 0 Å². The number of morpholine rings is 1. The predicted molar refractivity (Wildman–Crippen MR) is 107 cm³/mol. The zero-order valence-corrected chi connectivity index (χ0v) is 16.8. The molecule has 0 radical (unpaired) electrons. The quantitative estimate of drug-likeness (QED) is 0.791. The molecule has 27 heavy (non-hydrogen) atoms. The van der Waals surface area contributed by atoms with Crippen LogP contribution in [0.4, 0.5) is 16.3 Å². The van der Waals surface area contributed by atoms with E-state index in [9.17, 15) is 4.79 Å². The topological polar surface area (TPSA) is 70.6 Å². The van der Waals surface area contributed by atoms with Gasteiger partial charge in [0.05, 0.1) is 31.1 Å². The molecule has 2 aliphatic heterocycles. The number of rotatable bonds is 2. The van der Waals surface area contributed by atoms with Gasteiger partial charge in [0.2, 0.25) is 0 Å². The van der Waals surface area contributed by atoms with E-state index in [1.807, 2.05) is 36.1 Å². The number of hydrogen-bond donors (Lipinski definition) is 1. The third kappa shape index (κ3) is 3.91. The summed E-state index contributed by atoms with van der Waals surface area (Å²) in [5, 5.41) is 2.99. The van der Waals surface area contributed by atoms with E-state index in [1.54, 1.807) is 0 Å². The van der Waals surface area contributed by atoms with Gasteiger partial charge in [-0.1, -0.05) is 12.1 Å². The number of nitrogens with zero attached hydrogens (tertiary/aromatic N) is 4. The Morgan fingerprint density at radius 3 is 2.74 bits per heavy atom. The maximum atomic E-state index is 12.8. The van der Waals surface area contributed by atoms with Crippen LogP contribution in [0.15, 0.2) is 28.7 Å². The number of fused-ring (bicyclic) bond motifs is 1. The van der Waals surface area contributed by atoms with Crippen molar-refractivity contribution in [3.63, 3.8) is 0 Å². The zero-order valence-electron chi connectivity index (χ0n) is 15.2. The maximum Gasteiger partial charge on any atom is 0.322 e. The van der Waals surface area contributed by atoms with Gasteiger partial charge in [0, 0.05) is 36.1 Å². The molecule has 2 amide bonds. The lowest BCUT2D eigenvalue weighted by molar-refractivity contribution is 0.122. The first-order valence-corrected chi connectivity index (χ1v) is 9.90. The fourth-order valence-electron chi connectivity index (χ4n) is 3.48. The van der Waals surface area contributed by atoms with Gasteiger partial charge >= 0.3 is 6.03 Å². The Bertz CT molecular complexity index is 854. The normalized spacial score (nSPS) is 16.8. The lowest BCUT2D eigenvalue weighted by Crippen LogP contribution is -2.42.